The highest BCUT2D eigenvalue weighted by molar-refractivity contribution is 6.30. The molecular weight excluding hydrogens is 360 g/mol. The fraction of sp³-hybridized carbons (Fsp3) is 0.188. The Balaban J connectivity index is 1.77. The van der Waals surface area contributed by atoms with Crippen molar-refractivity contribution < 1.29 is 14.6 Å². The van der Waals surface area contributed by atoms with E-state index >= 15 is 0 Å². The van der Waals surface area contributed by atoms with Gasteiger partial charge in [-0.05, 0) is 13.0 Å². The van der Waals surface area contributed by atoms with Crippen LogP contribution < -0.4 is 5.32 Å². The third-order valence-corrected chi connectivity index (χ3v) is 3.86. The third-order valence-electron chi connectivity index (χ3n) is 3.55. The van der Waals surface area contributed by atoms with Gasteiger partial charge in [-0.15, -0.1) is 0 Å². The van der Waals surface area contributed by atoms with Gasteiger partial charge >= 0.3 is 6.09 Å². The van der Waals surface area contributed by atoms with Crippen LogP contribution in [0.1, 0.15) is 18.6 Å². The molecule has 0 aliphatic rings. The van der Waals surface area contributed by atoms with Gasteiger partial charge in [0.1, 0.15) is 17.1 Å². The van der Waals surface area contributed by atoms with E-state index in [1.54, 1.807) is 32.3 Å². The molecule has 0 aliphatic carbocycles. The van der Waals surface area contributed by atoms with Crippen molar-refractivity contribution >= 4 is 23.5 Å². The fourth-order valence-corrected chi connectivity index (χ4v) is 2.53. The molecule has 3 heterocycles. The highest BCUT2D eigenvalue weighted by atomic mass is 35.5. The van der Waals surface area contributed by atoms with Crippen molar-refractivity contribution in [1.29, 1.82) is 0 Å². The van der Waals surface area contributed by atoms with Crippen molar-refractivity contribution in [3.63, 3.8) is 0 Å². The van der Waals surface area contributed by atoms with Gasteiger partial charge in [0.25, 0.3) is 0 Å². The maximum Gasteiger partial charge on any atom is 0.413 e. The molecular formula is C16H15ClN6O3. The van der Waals surface area contributed by atoms with Crippen molar-refractivity contribution in [2.24, 2.45) is 7.05 Å². The number of hydrogen-bond acceptors (Lipinski definition) is 7. The van der Waals surface area contributed by atoms with E-state index in [-0.39, 0.29) is 10.9 Å². The molecule has 0 saturated carbocycles. The minimum atomic E-state index is -0.693. The summed E-state index contributed by atoms with van der Waals surface area (Å²) < 4.78 is 6.81. The Hall–Kier alpha value is -3.20. The van der Waals surface area contributed by atoms with Gasteiger partial charge in [-0.1, -0.05) is 17.7 Å². The van der Waals surface area contributed by atoms with Crippen molar-refractivity contribution in [2.75, 3.05) is 5.32 Å². The summed E-state index contributed by atoms with van der Waals surface area (Å²) in [4.78, 5) is 24.3. The predicted molar refractivity (Wildman–Crippen MR) is 93.7 cm³/mol. The van der Waals surface area contributed by atoms with Crippen LogP contribution in [-0.4, -0.2) is 35.9 Å². The van der Waals surface area contributed by atoms with Crippen molar-refractivity contribution in [3.8, 4) is 17.1 Å². The molecule has 3 aromatic rings. The third kappa shape index (κ3) is 3.72. The van der Waals surface area contributed by atoms with Gasteiger partial charge in [0.2, 0.25) is 0 Å². The predicted octanol–water partition coefficient (Wildman–Crippen LogP) is 2.94. The average Bonchev–Trinajstić information content (AvgIpc) is 2.96. The van der Waals surface area contributed by atoms with Gasteiger partial charge in [-0.25, -0.2) is 19.7 Å². The van der Waals surface area contributed by atoms with E-state index in [1.165, 1.54) is 23.3 Å². The number of amides is 1. The lowest BCUT2D eigenvalue weighted by atomic mass is 10.2. The summed E-state index contributed by atoms with van der Waals surface area (Å²) >= 11 is 6.01. The number of aryl methyl sites for hydroxylation is 1. The van der Waals surface area contributed by atoms with E-state index in [1.807, 2.05) is 0 Å². The molecule has 26 heavy (non-hydrogen) atoms. The maximum atomic E-state index is 12.3. The molecule has 3 aromatic heterocycles. The zero-order chi connectivity index (χ0) is 18.7. The van der Waals surface area contributed by atoms with Gasteiger partial charge < -0.3 is 9.84 Å². The minimum Gasteiger partial charge on any atom is -0.505 e. The second kappa shape index (κ2) is 7.36. The largest absolute Gasteiger partial charge is 0.505 e. The smallest absolute Gasteiger partial charge is 0.413 e. The number of rotatable bonds is 4. The maximum absolute atomic E-state index is 12.3. The summed E-state index contributed by atoms with van der Waals surface area (Å²) in [7, 11) is 1.65. The topological polar surface area (TPSA) is 115 Å². The number of hydrogen-bond donors (Lipinski definition) is 2. The SMILES string of the molecule is C[C@@H](OC(=O)Nc1c(-c2ncc(O)cn2)cnn1C)c1cccnc1Cl. The second-order valence-corrected chi connectivity index (χ2v) is 5.71. The van der Waals surface area contributed by atoms with Crippen molar-refractivity contribution in [2.45, 2.75) is 13.0 Å². The summed E-state index contributed by atoms with van der Waals surface area (Å²) in [6, 6.07) is 3.44. The van der Waals surface area contributed by atoms with Crippen LogP contribution in [0.2, 0.25) is 5.15 Å². The highest BCUT2D eigenvalue weighted by Crippen LogP contribution is 2.27. The summed E-state index contributed by atoms with van der Waals surface area (Å²) in [6.45, 7) is 1.69. The summed E-state index contributed by atoms with van der Waals surface area (Å²) in [5.74, 6) is 0.591. The molecule has 3 rings (SSSR count). The van der Waals surface area contributed by atoms with Crippen LogP contribution in [0.4, 0.5) is 10.6 Å². The number of aromatic hydroxyl groups is 1. The second-order valence-electron chi connectivity index (χ2n) is 5.35. The summed E-state index contributed by atoms with van der Waals surface area (Å²) in [5.41, 5.74) is 1.08. The molecule has 0 spiro atoms. The van der Waals surface area contributed by atoms with E-state index in [0.29, 0.717) is 22.8 Å². The Kier molecular flexibility index (Phi) is 4.99. The number of carbonyl (C=O) groups is 1. The number of halogens is 1. The molecule has 10 heteroatoms. The summed E-state index contributed by atoms with van der Waals surface area (Å²) in [6.07, 6.45) is 4.27. The van der Waals surface area contributed by atoms with Crippen LogP contribution in [-0.2, 0) is 11.8 Å². The quantitative estimate of drug-likeness (QED) is 0.674. The number of nitrogens with one attached hydrogen (secondary N) is 1. The van der Waals surface area contributed by atoms with Gasteiger partial charge in [-0.2, -0.15) is 5.10 Å². The number of aromatic nitrogens is 5. The Morgan fingerprint density at radius 2 is 2.04 bits per heavy atom. The zero-order valence-corrected chi connectivity index (χ0v) is 14.7. The van der Waals surface area contributed by atoms with Crippen LogP contribution in [0.15, 0.2) is 36.9 Å². The first kappa shape index (κ1) is 17.6. The summed E-state index contributed by atoms with van der Waals surface area (Å²) in [5, 5.41) is 16.3. The van der Waals surface area contributed by atoms with E-state index in [0.717, 1.165) is 0 Å². The van der Waals surface area contributed by atoms with E-state index in [4.69, 9.17) is 16.3 Å². The number of nitrogens with zero attached hydrogens (tertiary/aromatic N) is 5. The van der Waals surface area contributed by atoms with E-state index in [2.05, 4.69) is 25.4 Å². The van der Waals surface area contributed by atoms with Gasteiger partial charge in [0.15, 0.2) is 11.6 Å². The molecule has 134 valence electrons. The number of pyridine rings is 1. The van der Waals surface area contributed by atoms with Crippen LogP contribution in [0.5, 0.6) is 5.75 Å². The van der Waals surface area contributed by atoms with Gasteiger partial charge in [0.05, 0.1) is 24.2 Å². The molecule has 0 saturated heterocycles. The van der Waals surface area contributed by atoms with Crippen molar-refractivity contribution in [1.82, 2.24) is 24.7 Å². The standard InChI is InChI=1S/C16H15ClN6O3/c1-9(11-4-3-5-18-13(11)17)26-16(25)22-15-12(8-21-23(15)2)14-19-6-10(24)7-20-14/h3-9,24H,1-2H3,(H,22,25)/t9-/m1/s1. The fourth-order valence-electron chi connectivity index (χ4n) is 2.26. The number of ether oxygens (including phenoxy) is 1. The van der Waals surface area contributed by atoms with Crippen LogP contribution in [0, 0.1) is 0 Å². The lowest BCUT2D eigenvalue weighted by molar-refractivity contribution is 0.121. The monoisotopic (exact) mass is 374 g/mol. The first-order valence-corrected chi connectivity index (χ1v) is 7.95. The molecule has 0 radical (unpaired) electrons. The zero-order valence-electron chi connectivity index (χ0n) is 13.9. The van der Waals surface area contributed by atoms with Gasteiger partial charge in [-0.3, -0.25) is 10.00 Å². The van der Waals surface area contributed by atoms with Crippen molar-refractivity contribution in [3.05, 3.63) is 47.6 Å². The molecule has 0 aromatic carbocycles. The lowest BCUT2D eigenvalue weighted by Crippen LogP contribution is -2.18. The highest BCUT2D eigenvalue weighted by Gasteiger charge is 2.19. The molecule has 0 aliphatic heterocycles. The Morgan fingerprint density at radius 1 is 1.31 bits per heavy atom. The molecule has 0 fully saturated rings. The molecule has 0 unspecified atom stereocenters. The molecule has 2 N–H and O–H groups in total. The lowest BCUT2D eigenvalue weighted by Gasteiger charge is -2.15. The van der Waals surface area contributed by atoms with E-state index in [9.17, 15) is 9.90 Å². The Labute approximate surface area is 153 Å². The molecule has 9 nitrogen and oxygen atoms in total. The number of anilines is 1. The average molecular weight is 375 g/mol. The minimum absolute atomic E-state index is 0.0614. The normalized spacial score (nSPS) is 11.8. The molecule has 0 bridgehead atoms. The van der Waals surface area contributed by atoms with Crippen LogP contribution in [0.3, 0.4) is 0 Å². The first-order valence-electron chi connectivity index (χ1n) is 7.57. The Morgan fingerprint density at radius 3 is 2.73 bits per heavy atom. The molecule has 1 amide bonds. The Bertz CT molecular complexity index is 928. The van der Waals surface area contributed by atoms with Gasteiger partial charge in [0, 0.05) is 18.8 Å². The first-order chi connectivity index (χ1) is 12.5. The molecule has 1 atom stereocenters. The van der Waals surface area contributed by atoms with Crippen LogP contribution in [0.25, 0.3) is 11.4 Å². The van der Waals surface area contributed by atoms with E-state index < -0.39 is 12.2 Å². The number of carbonyl (C=O) groups excluding carboxylic acids is 1. The van der Waals surface area contributed by atoms with Crippen LogP contribution >= 0.6 is 11.6 Å².